The second kappa shape index (κ2) is 8.20. The Kier molecular flexibility index (Phi) is 6.02. The number of carbonyl (C=O) groups excluding carboxylic acids is 3. The van der Waals surface area contributed by atoms with Gasteiger partial charge >= 0.3 is 5.97 Å². The zero-order valence-corrected chi connectivity index (χ0v) is 13.3. The summed E-state index contributed by atoms with van der Waals surface area (Å²) < 4.78 is 31.3. The van der Waals surface area contributed by atoms with Crippen molar-refractivity contribution >= 4 is 29.4 Å². The topological polar surface area (TPSA) is 84.5 Å². The average molecular weight is 369 g/mol. The van der Waals surface area contributed by atoms with Gasteiger partial charge in [-0.3, -0.25) is 20.4 Å². The second-order valence-electron chi connectivity index (χ2n) is 4.68. The molecule has 130 valence electrons. The summed E-state index contributed by atoms with van der Waals surface area (Å²) in [7, 11) is 0. The van der Waals surface area contributed by atoms with Gasteiger partial charge in [0.05, 0.1) is 0 Å². The summed E-state index contributed by atoms with van der Waals surface area (Å²) in [4.78, 5) is 34.9. The van der Waals surface area contributed by atoms with Crippen LogP contribution < -0.4 is 10.9 Å². The standard InChI is InChI=1S/C16H11ClF2N2O4/c17-10-6-4-9(5-7-10)15(23)21-20-13(22)8-25-16(24)14-11(18)2-1-3-12(14)19/h1-7H,8H2,(H,20,22)(H,21,23). The molecule has 25 heavy (non-hydrogen) atoms. The Balaban J connectivity index is 1.83. The predicted molar refractivity (Wildman–Crippen MR) is 83.7 cm³/mol. The highest BCUT2D eigenvalue weighted by atomic mass is 35.5. The van der Waals surface area contributed by atoms with Crippen LogP contribution in [-0.2, 0) is 9.53 Å². The molecule has 0 aliphatic rings. The number of amides is 2. The maximum atomic E-state index is 13.4. The molecule has 0 saturated carbocycles. The van der Waals surface area contributed by atoms with E-state index in [-0.39, 0.29) is 5.56 Å². The zero-order valence-electron chi connectivity index (χ0n) is 12.5. The van der Waals surface area contributed by atoms with Crippen molar-refractivity contribution in [3.63, 3.8) is 0 Å². The lowest BCUT2D eigenvalue weighted by Crippen LogP contribution is -2.43. The van der Waals surface area contributed by atoms with Crippen molar-refractivity contribution in [3.05, 3.63) is 70.2 Å². The molecule has 2 aromatic rings. The molecule has 0 aromatic heterocycles. The van der Waals surface area contributed by atoms with Crippen molar-refractivity contribution < 1.29 is 27.9 Å². The van der Waals surface area contributed by atoms with Gasteiger partial charge in [0.2, 0.25) is 0 Å². The maximum Gasteiger partial charge on any atom is 0.344 e. The van der Waals surface area contributed by atoms with E-state index in [1.165, 1.54) is 24.3 Å². The molecule has 2 aromatic carbocycles. The van der Waals surface area contributed by atoms with Gasteiger partial charge in [0.25, 0.3) is 11.8 Å². The normalized spacial score (nSPS) is 10.0. The molecule has 2 N–H and O–H groups in total. The van der Waals surface area contributed by atoms with E-state index in [9.17, 15) is 23.2 Å². The number of esters is 1. The van der Waals surface area contributed by atoms with Crippen LogP contribution in [0.1, 0.15) is 20.7 Å². The van der Waals surface area contributed by atoms with E-state index >= 15 is 0 Å². The van der Waals surface area contributed by atoms with E-state index in [2.05, 4.69) is 10.2 Å². The van der Waals surface area contributed by atoms with Crippen LogP contribution in [-0.4, -0.2) is 24.4 Å². The Morgan fingerprint density at radius 3 is 2.16 bits per heavy atom. The quantitative estimate of drug-likeness (QED) is 0.640. The minimum absolute atomic E-state index is 0.232. The van der Waals surface area contributed by atoms with Crippen LogP contribution >= 0.6 is 11.6 Å². The third-order valence-corrected chi connectivity index (χ3v) is 3.18. The number of carbonyl (C=O) groups is 3. The van der Waals surface area contributed by atoms with Crippen molar-refractivity contribution in [2.24, 2.45) is 0 Å². The number of benzene rings is 2. The van der Waals surface area contributed by atoms with Crippen molar-refractivity contribution in [2.45, 2.75) is 0 Å². The van der Waals surface area contributed by atoms with Crippen LogP contribution in [0.3, 0.4) is 0 Å². The van der Waals surface area contributed by atoms with Crippen molar-refractivity contribution in [1.29, 1.82) is 0 Å². The van der Waals surface area contributed by atoms with E-state index < -0.39 is 41.6 Å². The minimum atomic E-state index is -1.34. The predicted octanol–water partition coefficient (Wildman–Crippen LogP) is 2.24. The largest absolute Gasteiger partial charge is 0.452 e. The smallest absolute Gasteiger partial charge is 0.344 e. The molecule has 0 aliphatic heterocycles. The van der Waals surface area contributed by atoms with Crippen LogP contribution in [0.2, 0.25) is 5.02 Å². The fraction of sp³-hybridized carbons (Fsp3) is 0.0625. The first-order valence-electron chi connectivity index (χ1n) is 6.84. The third-order valence-electron chi connectivity index (χ3n) is 2.92. The molecule has 6 nitrogen and oxygen atoms in total. The van der Waals surface area contributed by atoms with Gasteiger partial charge in [0.15, 0.2) is 6.61 Å². The second-order valence-corrected chi connectivity index (χ2v) is 5.12. The van der Waals surface area contributed by atoms with Crippen LogP contribution in [0.25, 0.3) is 0 Å². The van der Waals surface area contributed by atoms with E-state index in [1.807, 2.05) is 5.43 Å². The highest BCUT2D eigenvalue weighted by molar-refractivity contribution is 6.30. The first kappa shape index (κ1) is 18.3. The summed E-state index contributed by atoms with van der Waals surface area (Å²) in [6.45, 7) is -0.840. The van der Waals surface area contributed by atoms with Gasteiger partial charge in [0.1, 0.15) is 17.2 Å². The van der Waals surface area contributed by atoms with Crippen molar-refractivity contribution in [1.82, 2.24) is 10.9 Å². The summed E-state index contributed by atoms with van der Waals surface area (Å²) in [5.41, 5.74) is 3.41. The molecule has 0 atom stereocenters. The van der Waals surface area contributed by atoms with Gasteiger partial charge < -0.3 is 4.74 Å². The molecule has 0 radical (unpaired) electrons. The molecule has 0 heterocycles. The monoisotopic (exact) mass is 368 g/mol. The van der Waals surface area contributed by atoms with Crippen LogP contribution in [0.4, 0.5) is 8.78 Å². The van der Waals surface area contributed by atoms with E-state index in [4.69, 9.17) is 11.6 Å². The molecule has 0 saturated heterocycles. The summed E-state index contributed by atoms with van der Waals surface area (Å²) in [6.07, 6.45) is 0. The fourth-order valence-corrected chi connectivity index (χ4v) is 1.86. The number of nitrogens with one attached hydrogen (secondary N) is 2. The highest BCUT2D eigenvalue weighted by Crippen LogP contribution is 2.13. The molecule has 2 amide bonds. The first-order chi connectivity index (χ1) is 11.9. The Morgan fingerprint density at radius 2 is 1.56 bits per heavy atom. The fourth-order valence-electron chi connectivity index (χ4n) is 1.73. The number of halogens is 3. The van der Waals surface area contributed by atoms with Crippen LogP contribution in [0.5, 0.6) is 0 Å². The molecule has 0 fully saturated rings. The highest BCUT2D eigenvalue weighted by Gasteiger charge is 2.19. The van der Waals surface area contributed by atoms with Crippen molar-refractivity contribution in [3.8, 4) is 0 Å². The van der Waals surface area contributed by atoms with E-state index in [1.54, 1.807) is 0 Å². The van der Waals surface area contributed by atoms with Gasteiger partial charge in [0, 0.05) is 10.6 Å². The Hall–Kier alpha value is -3.00. The molecule has 0 aliphatic carbocycles. The molecule has 9 heteroatoms. The lowest BCUT2D eigenvalue weighted by atomic mass is 10.2. The number of rotatable bonds is 4. The SMILES string of the molecule is O=C(COC(=O)c1c(F)cccc1F)NNC(=O)c1ccc(Cl)cc1. The maximum absolute atomic E-state index is 13.4. The molecule has 0 bridgehead atoms. The minimum Gasteiger partial charge on any atom is -0.452 e. The molecule has 0 unspecified atom stereocenters. The summed E-state index contributed by atoms with van der Waals surface area (Å²) in [5.74, 6) is -5.08. The Bertz CT molecular complexity index is 792. The third kappa shape index (κ3) is 4.98. The summed E-state index contributed by atoms with van der Waals surface area (Å²) in [6, 6.07) is 8.69. The Labute approximate surface area is 145 Å². The van der Waals surface area contributed by atoms with Crippen molar-refractivity contribution in [2.75, 3.05) is 6.61 Å². The molecular formula is C16H11ClF2N2O4. The number of hydrazine groups is 1. The van der Waals surface area contributed by atoms with Gasteiger partial charge in [-0.1, -0.05) is 17.7 Å². The number of hydrogen-bond acceptors (Lipinski definition) is 4. The van der Waals surface area contributed by atoms with Crippen LogP contribution in [0, 0.1) is 11.6 Å². The summed E-state index contributed by atoms with van der Waals surface area (Å²) in [5, 5.41) is 0.438. The lowest BCUT2D eigenvalue weighted by molar-refractivity contribution is -0.125. The van der Waals surface area contributed by atoms with Gasteiger partial charge in [-0.2, -0.15) is 0 Å². The van der Waals surface area contributed by atoms with E-state index in [0.29, 0.717) is 5.02 Å². The van der Waals surface area contributed by atoms with Gasteiger partial charge in [-0.25, -0.2) is 13.6 Å². The van der Waals surface area contributed by atoms with Gasteiger partial charge in [-0.15, -0.1) is 0 Å². The number of hydrogen-bond donors (Lipinski definition) is 2. The zero-order chi connectivity index (χ0) is 18.4. The van der Waals surface area contributed by atoms with E-state index in [0.717, 1.165) is 18.2 Å². The Morgan fingerprint density at radius 1 is 0.960 bits per heavy atom. The van der Waals surface area contributed by atoms with Gasteiger partial charge in [-0.05, 0) is 36.4 Å². The molecular weight excluding hydrogens is 358 g/mol. The molecule has 2 rings (SSSR count). The molecule has 0 spiro atoms. The lowest BCUT2D eigenvalue weighted by Gasteiger charge is -2.09. The summed E-state index contributed by atoms with van der Waals surface area (Å²) >= 11 is 5.68. The average Bonchev–Trinajstić information content (AvgIpc) is 2.58. The van der Waals surface area contributed by atoms with Crippen LogP contribution in [0.15, 0.2) is 42.5 Å². The first-order valence-corrected chi connectivity index (χ1v) is 7.22. The number of ether oxygens (including phenoxy) is 1.